The first-order valence-corrected chi connectivity index (χ1v) is 9.40. The molecular formula is C19H18BrClN2O. The molecule has 0 bridgehead atoms. The van der Waals surface area contributed by atoms with Crippen LogP contribution >= 0.6 is 27.5 Å². The Balaban J connectivity index is 1.72. The lowest BCUT2D eigenvalue weighted by Gasteiger charge is -2.38. The van der Waals surface area contributed by atoms with E-state index in [0.717, 1.165) is 45.8 Å². The fourth-order valence-electron chi connectivity index (χ4n) is 3.39. The van der Waals surface area contributed by atoms with Crippen molar-refractivity contribution in [3.8, 4) is 5.75 Å². The zero-order valence-electron chi connectivity index (χ0n) is 13.4. The number of ether oxygens (including phenoxy) is 1. The van der Waals surface area contributed by atoms with E-state index in [-0.39, 0.29) is 12.3 Å². The first-order chi connectivity index (χ1) is 11.7. The second kappa shape index (κ2) is 6.41. The van der Waals surface area contributed by atoms with Crippen LogP contribution in [-0.2, 0) is 0 Å². The topological polar surface area (TPSA) is 24.8 Å². The third-order valence-electron chi connectivity index (χ3n) is 4.54. The van der Waals surface area contributed by atoms with Gasteiger partial charge in [-0.25, -0.2) is 0 Å². The molecule has 0 spiro atoms. The Morgan fingerprint density at radius 1 is 1.25 bits per heavy atom. The lowest BCUT2D eigenvalue weighted by atomic mass is 9.96. The second-order valence-electron chi connectivity index (χ2n) is 6.20. The smallest absolute Gasteiger partial charge is 0.187 e. The molecule has 2 aromatic carbocycles. The van der Waals surface area contributed by atoms with E-state index in [4.69, 9.17) is 21.4 Å². The van der Waals surface area contributed by atoms with E-state index >= 15 is 0 Å². The standard InChI is InChI=1S/C19H18BrClN2O/c1-2-3-19-23-17(15-10-13(20)6-9-18(15)24-19)11-16(22-23)12-4-7-14(21)8-5-12/h4-10,17,19H,2-3,11H2,1H3. The molecule has 3 nitrogen and oxygen atoms in total. The maximum Gasteiger partial charge on any atom is 0.187 e. The van der Waals surface area contributed by atoms with Gasteiger partial charge in [0.05, 0.1) is 11.8 Å². The Kier molecular flexibility index (Phi) is 4.27. The van der Waals surface area contributed by atoms with Crippen LogP contribution in [0.25, 0.3) is 0 Å². The third-order valence-corrected chi connectivity index (χ3v) is 5.29. The Labute approximate surface area is 155 Å². The molecule has 0 N–H and O–H groups in total. The number of nitrogens with zero attached hydrogens (tertiary/aromatic N) is 2. The van der Waals surface area contributed by atoms with Crippen LogP contribution in [0.3, 0.4) is 0 Å². The van der Waals surface area contributed by atoms with Crippen LogP contribution in [0.2, 0.25) is 5.02 Å². The molecule has 2 aliphatic heterocycles. The predicted molar refractivity (Wildman–Crippen MR) is 101 cm³/mol. The maximum absolute atomic E-state index is 6.22. The fraction of sp³-hybridized carbons (Fsp3) is 0.316. The normalized spacial score (nSPS) is 21.8. The Morgan fingerprint density at radius 3 is 2.79 bits per heavy atom. The Hall–Kier alpha value is -1.52. The van der Waals surface area contributed by atoms with Crippen molar-refractivity contribution in [2.24, 2.45) is 5.10 Å². The molecule has 0 saturated carbocycles. The first kappa shape index (κ1) is 16.0. The van der Waals surface area contributed by atoms with Crippen molar-refractivity contribution < 1.29 is 4.74 Å². The predicted octanol–water partition coefficient (Wildman–Crippen LogP) is 5.77. The van der Waals surface area contributed by atoms with Gasteiger partial charge in [-0.05, 0) is 35.9 Å². The highest BCUT2D eigenvalue weighted by molar-refractivity contribution is 9.10. The Bertz CT molecular complexity index is 790. The average molecular weight is 406 g/mol. The van der Waals surface area contributed by atoms with E-state index < -0.39 is 0 Å². The number of halogens is 2. The highest BCUT2D eigenvalue weighted by atomic mass is 79.9. The van der Waals surface area contributed by atoms with Gasteiger partial charge in [-0.2, -0.15) is 5.10 Å². The fourth-order valence-corrected chi connectivity index (χ4v) is 3.89. The molecule has 124 valence electrons. The minimum Gasteiger partial charge on any atom is -0.469 e. The van der Waals surface area contributed by atoms with Crippen molar-refractivity contribution in [3.63, 3.8) is 0 Å². The van der Waals surface area contributed by atoms with Crippen LogP contribution in [-0.4, -0.2) is 16.9 Å². The van der Waals surface area contributed by atoms with Gasteiger partial charge in [0.2, 0.25) is 0 Å². The molecule has 2 unspecified atom stereocenters. The van der Waals surface area contributed by atoms with Gasteiger partial charge >= 0.3 is 0 Å². The van der Waals surface area contributed by atoms with Gasteiger partial charge < -0.3 is 4.74 Å². The molecule has 5 heteroatoms. The van der Waals surface area contributed by atoms with Crippen LogP contribution in [0.5, 0.6) is 5.75 Å². The van der Waals surface area contributed by atoms with Gasteiger partial charge in [0.1, 0.15) is 5.75 Å². The molecule has 2 aliphatic rings. The SMILES string of the molecule is CCCC1Oc2ccc(Br)cc2C2CC(c3ccc(Cl)cc3)=NN12. The summed E-state index contributed by atoms with van der Waals surface area (Å²) >= 11 is 9.59. The zero-order valence-corrected chi connectivity index (χ0v) is 15.7. The van der Waals surface area contributed by atoms with Crippen molar-refractivity contribution in [1.29, 1.82) is 0 Å². The number of hydrogen-bond acceptors (Lipinski definition) is 3. The lowest BCUT2D eigenvalue weighted by molar-refractivity contribution is -0.0223. The van der Waals surface area contributed by atoms with Crippen molar-refractivity contribution in [3.05, 3.63) is 63.1 Å². The van der Waals surface area contributed by atoms with Crippen molar-refractivity contribution in [1.82, 2.24) is 5.01 Å². The zero-order chi connectivity index (χ0) is 16.7. The van der Waals surface area contributed by atoms with Gasteiger partial charge in [0.15, 0.2) is 6.23 Å². The summed E-state index contributed by atoms with van der Waals surface area (Å²) in [4.78, 5) is 0. The summed E-state index contributed by atoms with van der Waals surface area (Å²) in [5.41, 5.74) is 3.42. The quantitative estimate of drug-likeness (QED) is 0.647. The number of benzene rings is 2. The summed E-state index contributed by atoms with van der Waals surface area (Å²) in [6.45, 7) is 2.18. The summed E-state index contributed by atoms with van der Waals surface area (Å²) in [5.74, 6) is 0.977. The van der Waals surface area contributed by atoms with E-state index in [0.29, 0.717) is 0 Å². The molecule has 4 rings (SSSR count). The number of fused-ring (bicyclic) bond motifs is 3. The minimum atomic E-state index is -0.00141. The average Bonchev–Trinajstić information content (AvgIpc) is 3.02. The molecule has 2 heterocycles. The van der Waals surface area contributed by atoms with Crippen molar-refractivity contribution in [2.45, 2.75) is 38.5 Å². The first-order valence-electron chi connectivity index (χ1n) is 8.23. The third kappa shape index (κ3) is 2.82. The van der Waals surface area contributed by atoms with Crippen LogP contribution in [0, 0.1) is 0 Å². The van der Waals surface area contributed by atoms with E-state index in [9.17, 15) is 0 Å². The lowest BCUT2D eigenvalue weighted by Crippen LogP contribution is -2.40. The van der Waals surface area contributed by atoms with Gasteiger partial charge in [-0.3, -0.25) is 5.01 Å². The molecule has 2 aromatic rings. The molecule has 0 fully saturated rings. The van der Waals surface area contributed by atoms with E-state index in [1.54, 1.807) is 0 Å². The van der Waals surface area contributed by atoms with E-state index in [2.05, 4.69) is 40.0 Å². The van der Waals surface area contributed by atoms with E-state index in [1.165, 1.54) is 5.56 Å². The molecule has 2 atom stereocenters. The van der Waals surface area contributed by atoms with Crippen LogP contribution < -0.4 is 4.74 Å². The summed E-state index contributed by atoms with van der Waals surface area (Å²) < 4.78 is 7.29. The minimum absolute atomic E-state index is 0.00141. The van der Waals surface area contributed by atoms with Crippen molar-refractivity contribution in [2.75, 3.05) is 0 Å². The molecule has 0 saturated heterocycles. The van der Waals surface area contributed by atoms with Crippen molar-refractivity contribution >= 4 is 33.2 Å². The number of rotatable bonds is 3. The van der Waals surface area contributed by atoms with Gasteiger partial charge in [0.25, 0.3) is 0 Å². The summed E-state index contributed by atoms with van der Waals surface area (Å²) in [6, 6.07) is 14.4. The van der Waals surface area contributed by atoms with Crippen LogP contribution in [0.1, 0.15) is 43.4 Å². The molecule has 0 amide bonds. The molecule has 0 aromatic heterocycles. The van der Waals surface area contributed by atoms with Crippen LogP contribution in [0.4, 0.5) is 0 Å². The molecular weight excluding hydrogens is 388 g/mol. The van der Waals surface area contributed by atoms with Gasteiger partial charge in [-0.15, -0.1) is 0 Å². The highest BCUT2D eigenvalue weighted by Gasteiger charge is 2.39. The summed E-state index contributed by atoms with van der Waals surface area (Å²) in [7, 11) is 0. The largest absolute Gasteiger partial charge is 0.469 e. The molecule has 0 radical (unpaired) electrons. The number of hydrogen-bond donors (Lipinski definition) is 0. The Morgan fingerprint density at radius 2 is 2.04 bits per heavy atom. The summed E-state index contributed by atoms with van der Waals surface area (Å²) in [6.07, 6.45) is 2.90. The highest BCUT2D eigenvalue weighted by Crippen LogP contribution is 2.44. The molecule has 24 heavy (non-hydrogen) atoms. The van der Waals surface area contributed by atoms with Gasteiger partial charge in [-0.1, -0.05) is 53.0 Å². The van der Waals surface area contributed by atoms with Gasteiger partial charge in [0, 0.05) is 27.9 Å². The monoisotopic (exact) mass is 404 g/mol. The number of hydrazone groups is 1. The van der Waals surface area contributed by atoms with Crippen LogP contribution in [0.15, 0.2) is 52.0 Å². The molecule has 0 aliphatic carbocycles. The summed E-state index contributed by atoms with van der Waals surface area (Å²) in [5, 5.41) is 7.79. The van der Waals surface area contributed by atoms with E-state index in [1.807, 2.05) is 30.3 Å². The second-order valence-corrected chi connectivity index (χ2v) is 7.55. The maximum atomic E-state index is 6.22.